The fourth-order valence-corrected chi connectivity index (χ4v) is 1.68. The van der Waals surface area contributed by atoms with E-state index in [1.165, 1.54) is 6.07 Å². The van der Waals surface area contributed by atoms with E-state index < -0.39 is 0 Å². The second kappa shape index (κ2) is 4.19. The lowest BCUT2D eigenvalue weighted by atomic mass is 10.2. The van der Waals surface area contributed by atoms with Gasteiger partial charge in [-0.3, -0.25) is 14.6 Å². The van der Waals surface area contributed by atoms with Crippen LogP contribution in [0.5, 0.6) is 0 Å². The summed E-state index contributed by atoms with van der Waals surface area (Å²) in [7, 11) is 0. The molecule has 86 valence electrons. The molecule has 0 saturated heterocycles. The van der Waals surface area contributed by atoms with Crippen LogP contribution in [0.25, 0.3) is 16.1 Å². The van der Waals surface area contributed by atoms with Crippen LogP contribution < -0.4 is 5.56 Å². The molecule has 2 aromatic rings. The fraction of sp³-hybridized carbons (Fsp3) is 0.182. The maximum absolute atomic E-state index is 11.3. The molecule has 1 heterocycles. The fourth-order valence-electron chi connectivity index (χ4n) is 1.68. The lowest BCUT2D eigenvalue weighted by Crippen LogP contribution is -2.04. The third kappa shape index (κ3) is 2.07. The summed E-state index contributed by atoms with van der Waals surface area (Å²) in [5.74, 6) is 0. The van der Waals surface area contributed by atoms with Gasteiger partial charge in [-0.1, -0.05) is 17.2 Å². The summed E-state index contributed by atoms with van der Waals surface area (Å²) in [6, 6.07) is 6.92. The van der Waals surface area contributed by atoms with Crippen LogP contribution in [0.2, 0.25) is 0 Å². The lowest BCUT2D eigenvalue weighted by Gasteiger charge is -2.09. The van der Waals surface area contributed by atoms with E-state index in [1.807, 2.05) is 19.1 Å². The Morgan fingerprint density at radius 1 is 1.35 bits per heavy atom. The average Bonchev–Trinajstić information content (AvgIpc) is 2.61. The van der Waals surface area contributed by atoms with Crippen LogP contribution in [0.15, 0.2) is 34.2 Å². The Morgan fingerprint density at radius 3 is 2.71 bits per heavy atom. The van der Waals surface area contributed by atoms with Crippen molar-refractivity contribution in [2.45, 2.75) is 13.8 Å². The minimum absolute atomic E-state index is 0.184. The van der Waals surface area contributed by atoms with Crippen LogP contribution in [0.4, 0.5) is 5.69 Å². The van der Waals surface area contributed by atoms with Crippen LogP contribution in [0, 0.1) is 13.8 Å². The molecule has 0 amide bonds. The first-order chi connectivity index (χ1) is 8.11. The molecule has 2 rings (SSSR count). The summed E-state index contributed by atoms with van der Waals surface area (Å²) in [6.45, 7) is 3.74. The van der Waals surface area contributed by atoms with E-state index in [4.69, 9.17) is 5.53 Å². The second-order valence-corrected chi connectivity index (χ2v) is 3.78. The average molecular weight is 229 g/mol. The Morgan fingerprint density at radius 2 is 2.12 bits per heavy atom. The molecule has 6 heteroatoms. The topological polar surface area (TPSA) is 86.6 Å². The van der Waals surface area contributed by atoms with Crippen molar-refractivity contribution in [1.29, 1.82) is 0 Å². The maximum atomic E-state index is 11.3. The Balaban J connectivity index is 2.72. The summed E-state index contributed by atoms with van der Waals surface area (Å²) in [6.07, 6.45) is 0. The molecule has 0 atom stereocenters. The number of nitrogens with zero attached hydrogens (tertiary/aromatic N) is 4. The second-order valence-electron chi connectivity index (χ2n) is 3.78. The number of aryl methyl sites for hydroxylation is 2. The predicted molar refractivity (Wildman–Crippen MR) is 64.7 cm³/mol. The molecule has 6 nitrogen and oxygen atoms in total. The van der Waals surface area contributed by atoms with Gasteiger partial charge in [0.1, 0.15) is 0 Å². The zero-order valence-corrected chi connectivity index (χ0v) is 9.51. The summed E-state index contributed by atoms with van der Waals surface area (Å²) in [5, 5.41) is 6.28. The standard InChI is InChI=1S/C11H11N5O/c1-7-3-4-9(13-15-12)10(5-7)16-8(2)6-11(17)14-16/h3-6H,1-2H3,(H,14,17). The van der Waals surface area contributed by atoms with Crippen molar-refractivity contribution >= 4 is 5.69 Å². The first-order valence-corrected chi connectivity index (χ1v) is 5.06. The van der Waals surface area contributed by atoms with E-state index in [9.17, 15) is 4.79 Å². The van der Waals surface area contributed by atoms with E-state index in [0.717, 1.165) is 11.3 Å². The number of aromatic amines is 1. The predicted octanol–water partition coefficient (Wildman–Crippen LogP) is 2.72. The Bertz CT molecular complexity index is 661. The molecule has 17 heavy (non-hydrogen) atoms. The number of H-pyrrole nitrogens is 1. The zero-order chi connectivity index (χ0) is 12.4. The molecule has 0 radical (unpaired) electrons. The van der Waals surface area contributed by atoms with Gasteiger partial charge in [0.05, 0.1) is 11.4 Å². The third-order valence-electron chi connectivity index (χ3n) is 2.44. The van der Waals surface area contributed by atoms with E-state index >= 15 is 0 Å². The van der Waals surface area contributed by atoms with Crippen LogP contribution in [-0.4, -0.2) is 9.78 Å². The molecular formula is C11H11N5O. The van der Waals surface area contributed by atoms with Crippen LogP contribution in [0.1, 0.15) is 11.3 Å². The van der Waals surface area contributed by atoms with Crippen LogP contribution in [0.3, 0.4) is 0 Å². The SMILES string of the molecule is Cc1ccc(N=[N+]=[N-])c(-n2[nH]c(=O)cc2C)c1. The van der Waals surface area contributed by atoms with Gasteiger partial charge in [0.15, 0.2) is 0 Å². The molecule has 0 aliphatic carbocycles. The van der Waals surface area contributed by atoms with Gasteiger partial charge in [0.25, 0.3) is 5.56 Å². The van der Waals surface area contributed by atoms with Gasteiger partial charge in [-0.15, -0.1) is 0 Å². The summed E-state index contributed by atoms with van der Waals surface area (Å²) in [4.78, 5) is 14.0. The molecule has 0 bridgehead atoms. The number of benzene rings is 1. The van der Waals surface area contributed by atoms with E-state index in [1.54, 1.807) is 17.7 Å². The maximum Gasteiger partial charge on any atom is 0.264 e. The molecule has 1 aromatic heterocycles. The lowest BCUT2D eigenvalue weighted by molar-refractivity contribution is 0.833. The highest BCUT2D eigenvalue weighted by atomic mass is 16.1. The molecule has 0 aliphatic heterocycles. The van der Waals surface area contributed by atoms with Crippen LogP contribution >= 0.6 is 0 Å². The normalized spacial score (nSPS) is 10.0. The number of nitrogens with one attached hydrogen (secondary N) is 1. The van der Waals surface area contributed by atoms with Crippen LogP contribution in [-0.2, 0) is 0 Å². The third-order valence-corrected chi connectivity index (χ3v) is 2.44. The first-order valence-electron chi connectivity index (χ1n) is 5.06. The molecular weight excluding hydrogens is 218 g/mol. The number of aromatic nitrogens is 2. The molecule has 0 spiro atoms. The highest BCUT2D eigenvalue weighted by Crippen LogP contribution is 2.24. The van der Waals surface area contributed by atoms with E-state index in [2.05, 4.69) is 15.1 Å². The summed E-state index contributed by atoms with van der Waals surface area (Å²) in [5.41, 5.74) is 11.3. The number of rotatable bonds is 2. The van der Waals surface area contributed by atoms with Gasteiger partial charge >= 0.3 is 0 Å². The van der Waals surface area contributed by atoms with Gasteiger partial charge in [-0.25, -0.2) is 0 Å². The van der Waals surface area contributed by atoms with Crippen molar-refractivity contribution in [3.8, 4) is 5.69 Å². The molecule has 0 unspecified atom stereocenters. The number of hydrogen-bond acceptors (Lipinski definition) is 2. The largest absolute Gasteiger partial charge is 0.268 e. The molecule has 1 aromatic carbocycles. The van der Waals surface area contributed by atoms with Gasteiger partial charge in [0.2, 0.25) is 0 Å². The van der Waals surface area contributed by atoms with Gasteiger partial charge < -0.3 is 0 Å². The van der Waals surface area contributed by atoms with Crippen molar-refractivity contribution < 1.29 is 0 Å². The van der Waals surface area contributed by atoms with E-state index in [0.29, 0.717) is 11.4 Å². The van der Waals surface area contributed by atoms with Crippen molar-refractivity contribution in [2.75, 3.05) is 0 Å². The molecule has 0 saturated carbocycles. The minimum Gasteiger partial charge on any atom is -0.268 e. The number of hydrogen-bond donors (Lipinski definition) is 1. The monoisotopic (exact) mass is 229 g/mol. The van der Waals surface area contributed by atoms with Crippen molar-refractivity contribution in [3.63, 3.8) is 0 Å². The molecule has 0 fully saturated rings. The highest BCUT2D eigenvalue weighted by molar-refractivity contribution is 5.58. The number of azide groups is 1. The summed E-state index contributed by atoms with van der Waals surface area (Å²) >= 11 is 0. The highest BCUT2D eigenvalue weighted by Gasteiger charge is 2.07. The van der Waals surface area contributed by atoms with Crippen molar-refractivity contribution in [2.24, 2.45) is 5.11 Å². The Kier molecular flexibility index (Phi) is 2.72. The summed E-state index contributed by atoms with van der Waals surface area (Å²) < 4.78 is 1.61. The minimum atomic E-state index is -0.184. The quantitative estimate of drug-likeness (QED) is 0.479. The smallest absolute Gasteiger partial charge is 0.264 e. The van der Waals surface area contributed by atoms with Gasteiger partial charge in [-0.05, 0) is 31.0 Å². The molecule has 0 aliphatic rings. The first kappa shape index (κ1) is 11.0. The van der Waals surface area contributed by atoms with Crippen molar-refractivity contribution in [3.05, 3.63) is 56.3 Å². The zero-order valence-electron chi connectivity index (χ0n) is 9.51. The Hall–Kier alpha value is -2.46. The van der Waals surface area contributed by atoms with E-state index in [-0.39, 0.29) is 5.56 Å². The van der Waals surface area contributed by atoms with Gasteiger partial charge in [0, 0.05) is 16.7 Å². The Labute approximate surface area is 97.1 Å². The van der Waals surface area contributed by atoms with Crippen molar-refractivity contribution in [1.82, 2.24) is 9.78 Å². The molecule has 1 N–H and O–H groups in total. The van der Waals surface area contributed by atoms with Gasteiger partial charge in [-0.2, -0.15) is 0 Å².